The van der Waals surface area contributed by atoms with Crippen molar-refractivity contribution < 1.29 is 27.4 Å². The Morgan fingerprint density at radius 1 is 1.32 bits per heavy atom. The van der Waals surface area contributed by atoms with Crippen molar-refractivity contribution in [3.63, 3.8) is 0 Å². The van der Waals surface area contributed by atoms with Gasteiger partial charge in [0.05, 0.1) is 13.2 Å². The fourth-order valence-electron chi connectivity index (χ4n) is 1.56. The Morgan fingerprint density at radius 3 is 2.55 bits per heavy atom. The smallest absolute Gasteiger partial charge is 0.405 e. The summed E-state index contributed by atoms with van der Waals surface area (Å²) < 4.78 is 46.6. The molecule has 0 aliphatic carbocycles. The number of benzene rings is 1. The predicted octanol–water partition coefficient (Wildman–Crippen LogP) is 3.17. The Labute approximate surface area is 126 Å². The number of ether oxygens (including phenoxy) is 2. The highest BCUT2D eigenvalue weighted by atomic mass is 19.4. The summed E-state index contributed by atoms with van der Waals surface area (Å²) in [6, 6.07) is 4.98. The third kappa shape index (κ3) is 6.51. The van der Waals surface area contributed by atoms with Crippen LogP contribution in [-0.2, 0) is 4.79 Å². The van der Waals surface area contributed by atoms with Crippen molar-refractivity contribution in [2.45, 2.75) is 26.1 Å². The Hall–Kier alpha value is -2.18. The Kier molecular flexibility index (Phi) is 6.27. The molecule has 7 heteroatoms. The number of hydrogen-bond acceptors (Lipinski definition) is 3. The van der Waals surface area contributed by atoms with Gasteiger partial charge in [-0.05, 0) is 37.6 Å². The van der Waals surface area contributed by atoms with E-state index in [4.69, 9.17) is 9.47 Å². The molecule has 0 aliphatic heterocycles. The fourth-order valence-corrected chi connectivity index (χ4v) is 1.56. The van der Waals surface area contributed by atoms with Crippen LogP contribution in [0.2, 0.25) is 0 Å². The van der Waals surface area contributed by atoms with E-state index in [1.807, 2.05) is 13.8 Å². The summed E-state index contributed by atoms with van der Waals surface area (Å²) in [5.74, 6) is 0.210. The Morgan fingerprint density at radius 2 is 2.00 bits per heavy atom. The summed E-state index contributed by atoms with van der Waals surface area (Å²) in [5.41, 5.74) is 0.607. The normalized spacial score (nSPS) is 11.8. The minimum absolute atomic E-state index is 0.0246. The summed E-state index contributed by atoms with van der Waals surface area (Å²) in [4.78, 5) is 11.3. The molecule has 0 saturated carbocycles. The van der Waals surface area contributed by atoms with Gasteiger partial charge in [0.25, 0.3) is 0 Å². The molecule has 4 nitrogen and oxygen atoms in total. The van der Waals surface area contributed by atoms with Gasteiger partial charge in [-0.2, -0.15) is 13.2 Å². The lowest BCUT2D eigenvalue weighted by Gasteiger charge is -2.13. The van der Waals surface area contributed by atoms with E-state index in [1.54, 1.807) is 23.5 Å². The third-order valence-corrected chi connectivity index (χ3v) is 2.44. The molecular weight excluding hydrogens is 299 g/mol. The first-order valence-electron chi connectivity index (χ1n) is 6.58. The number of rotatable bonds is 6. The van der Waals surface area contributed by atoms with Gasteiger partial charge in [-0.1, -0.05) is 6.07 Å². The summed E-state index contributed by atoms with van der Waals surface area (Å²) in [6.45, 7) is 2.39. The number of carbonyl (C=O) groups is 1. The monoisotopic (exact) mass is 317 g/mol. The van der Waals surface area contributed by atoms with Gasteiger partial charge in [0.15, 0.2) is 11.5 Å². The Balaban J connectivity index is 2.73. The topological polar surface area (TPSA) is 47.6 Å². The molecule has 0 bridgehead atoms. The van der Waals surface area contributed by atoms with Crippen LogP contribution in [0.25, 0.3) is 6.08 Å². The molecular formula is C15H18F3NO3. The maximum absolute atomic E-state index is 12.0. The molecule has 0 heterocycles. The third-order valence-electron chi connectivity index (χ3n) is 2.44. The van der Waals surface area contributed by atoms with Gasteiger partial charge in [0.1, 0.15) is 6.54 Å². The lowest BCUT2D eigenvalue weighted by Crippen LogP contribution is -2.32. The van der Waals surface area contributed by atoms with Gasteiger partial charge in [-0.15, -0.1) is 0 Å². The minimum atomic E-state index is -4.43. The van der Waals surface area contributed by atoms with Crippen LogP contribution < -0.4 is 14.8 Å². The van der Waals surface area contributed by atoms with Crippen molar-refractivity contribution in [2.24, 2.45) is 0 Å². The molecule has 1 aromatic carbocycles. The van der Waals surface area contributed by atoms with Gasteiger partial charge in [-0.25, -0.2) is 0 Å². The van der Waals surface area contributed by atoms with Crippen LogP contribution in [0.15, 0.2) is 24.3 Å². The highest BCUT2D eigenvalue weighted by Crippen LogP contribution is 2.29. The maximum atomic E-state index is 12.0. The van der Waals surface area contributed by atoms with E-state index in [-0.39, 0.29) is 6.10 Å². The quantitative estimate of drug-likeness (QED) is 0.820. The Bertz CT molecular complexity index is 539. The zero-order valence-corrected chi connectivity index (χ0v) is 12.5. The number of hydrogen-bond donors (Lipinski definition) is 1. The summed E-state index contributed by atoms with van der Waals surface area (Å²) >= 11 is 0. The summed E-state index contributed by atoms with van der Waals surface area (Å²) in [7, 11) is 1.48. The van der Waals surface area contributed by atoms with Gasteiger partial charge < -0.3 is 14.8 Å². The molecule has 1 N–H and O–H groups in total. The predicted molar refractivity (Wildman–Crippen MR) is 76.9 cm³/mol. The molecule has 22 heavy (non-hydrogen) atoms. The van der Waals surface area contributed by atoms with Crippen molar-refractivity contribution in [3.05, 3.63) is 29.8 Å². The van der Waals surface area contributed by atoms with E-state index in [0.29, 0.717) is 17.1 Å². The maximum Gasteiger partial charge on any atom is 0.405 e. The van der Waals surface area contributed by atoms with Crippen LogP contribution in [0.3, 0.4) is 0 Å². The van der Waals surface area contributed by atoms with Crippen LogP contribution >= 0.6 is 0 Å². The molecule has 122 valence electrons. The molecule has 0 radical (unpaired) electrons. The second-order valence-corrected chi connectivity index (χ2v) is 4.74. The molecule has 1 rings (SSSR count). The average Bonchev–Trinajstić information content (AvgIpc) is 2.42. The first kappa shape index (κ1) is 17.9. The van der Waals surface area contributed by atoms with Crippen molar-refractivity contribution in [1.82, 2.24) is 5.32 Å². The van der Waals surface area contributed by atoms with E-state index >= 15 is 0 Å². The van der Waals surface area contributed by atoms with E-state index < -0.39 is 18.6 Å². The summed E-state index contributed by atoms with van der Waals surface area (Å²) in [6.07, 6.45) is -2.03. The van der Waals surface area contributed by atoms with Crippen LogP contribution in [0, 0.1) is 0 Å². The summed E-state index contributed by atoms with van der Waals surface area (Å²) in [5, 5.41) is 1.75. The van der Waals surface area contributed by atoms with Gasteiger partial charge in [0.2, 0.25) is 5.91 Å². The zero-order valence-electron chi connectivity index (χ0n) is 12.5. The number of alkyl halides is 3. The fraction of sp³-hybridized carbons (Fsp3) is 0.400. The SMILES string of the molecule is COc1cc(/C=C/C(=O)NCC(F)(F)F)ccc1OC(C)C. The number of carbonyl (C=O) groups excluding carboxylic acids is 1. The molecule has 1 aromatic rings. The van der Waals surface area contributed by atoms with Crippen molar-refractivity contribution in [1.29, 1.82) is 0 Å². The van der Waals surface area contributed by atoms with Crippen molar-refractivity contribution in [2.75, 3.05) is 13.7 Å². The lowest BCUT2D eigenvalue weighted by atomic mass is 10.2. The number of amides is 1. The highest BCUT2D eigenvalue weighted by Gasteiger charge is 2.27. The van der Waals surface area contributed by atoms with Gasteiger partial charge >= 0.3 is 6.18 Å². The van der Waals surface area contributed by atoms with Crippen molar-refractivity contribution >= 4 is 12.0 Å². The van der Waals surface area contributed by atoms with Gasteiger partial charge in [-0.3, -0.25) is 4.79 Å². The largest absolute Gasteiger partial charge is 0.493 e. The van der Waals surface area contributed by atoms with Crippen molar-refractivity contribution in [3.8, 4) is 11.5 Å². The van der Waals surface area contributed by atoms with Crippen LogP contribution in [0.1, 0.15) is 19.4 Å². The first-order chi connectivity index (χ1) is 10.2. The molecule has 0 fully saturated rings. The number of halogens is 3. The van der Waals surface area contributed by atoms with Crippen LogP contribution in [0.5, 0.6) is 11.5 Å². The van der Waals surface area contributed by atoms with E-state index in [2.05, 4.69) is 0 Å². The second-order valence-electron chi connectivity index (χ2n) is 4.74. The molecule has 0 atom stereocenters. The molecule has 0 aliphatic rings. The lowest BCUT2D eigenvalue weighted by molar-refractivity contribution is -0.135. The molecule has 0 spiro atoms. The highest BCUT2D eigenvalue weighted by molar-refractivity contribution is 5.91. The molecule has 1 amide bonds. The van der Waals surface area contributed by atoms with E-state index in [9.17, 15) is 18.0 Å². The zero-order chi connectivity index (χ0) is 16.8. The molecule has 0 saturated heterocycles. The minimum Gasteiger partial charge on any atom is -0.493 e. The second kappa shape index (κ2) is 7.72. The standard InChI is InChI=1S/C15H18F3NO3/c1-10(2)22-12-6-4-11(8-13(12)21-3)5-7-14(20)19-9-15(16,17)18/h4-8,10H,9H2,1-3H3,(H,19,20)/b7-5+. The number of methoxy groups -OCH3 is 1. The van der Waals surface area contributed by atoms with Gasteiger partial charge in [0, 0.05) is 6.08 Å². The van der Waals surface area contributed by atoms with E-state index in [1.165, 1.54) is 13.2 Å². The average molecular weight is 317 g/mol. The number of nitrogens with one attached hydrogen (secondary N) is 1. The molecule has 0 unspecified atom stereocenters. The first-order valence-corrected chi connectivity index (χ1v) is 6.58. The van der Waals surface area contributed by atoms with E-state index in [0.717, 1.165) is 6.08 Å². The van der Waals surface area contributed by atoms with Crippen LogP contribution in [0.4, 0.5) is 13.2 Å². The van der Waals surface area contributed by atoms with Crippen LogP contribution in [-0.4, -0.2) is 31.8 Å². The molecule has 0 aromatic heterocycles.